The molecule has 0 fully saturated rings. The van der Waals surface area contributed by atoms with Crippen LogP contribution in [-0.4, -0.2) is 53.3 Å². The third kappa shape index (κ3) is 8.07. The van der Waals surface area contributed by atoms with Gasteiger partial charge in [-0.05, 0) is 37.0 Å². The predicted octanol–water partition coefficient (Wildman–Crippen LogP) is 2.42. The van der Waals surface area contributed by atoms with E-state index in [-0.39, 0.29) is 10.6 Å². The number of likely N-dealkylation sites (N-methyl/N-ethyl adjacent to an activating group) is 1. The summed E-state index contributed by atoms with van der Waals surface area (Å²) in [6, 6.07) is 10.4. The first-order valence-electron chi connectivity index (χ1n) is 8.49. The Labute approximate surface area is 163 Å². The van der Waals surface area contributed by atoms with Crippen molar-refractivity contribution in [3.05, 3.63) is 64.5 Å². The second kappa shape index (κ2) is 11.2. The summed E-state index contributed by atoms with van der Waals surface area (Å²) in [5.74, 6) is 0. The first-order valence-corrected chi connectivity index (χ1v) is 8.90. The Kier molecular flexibility index (Phi) is 8.56. The minimum atomic E-state index is -0.382. The number of aromatic nitrogens is 1. The smallest absolute Gasteiger partial charge is 0.269 e. The lowest BCUT2D eigenvalue weighted by Gasteiger charge is -2.17. The Morgan fingerprint density at radius 3 is 2.93 bits per heavy atom. The Hall–Kier alpha value is -2.62. The molecule has 8 nitrogen and oxygen atoms in total. The zero-order valence-corrected chi connectivity index (χ0v) is 15.9. The van der Waals surface area contributed by atoms with E-state index in [1.165, 1.54) is 6.07 Å². The highest BCUT2D eigenvalue weighted by Gasteiger charge is 2.07. The van der Waals surface area contributed by atoms with Gasteiger partial charge in [-0.15, -0.1) is 0 Å². The maximum Gasteiger partial charge on any atom is 0.269 e. The number of non-ortho nitro benzene ring substituents is 1. The lowest BCUT2D eigenvalue weighted by molar-refractivity contribution is -0.384. The maximum atomic E-state index is 10.8. The van der Waals surface area contributed by atoms with Gasteiger partial charge in [-0.3, -0.25) is 20.0 Å². The van der Waals surface area contributed by atoms with Crippen molar-refractivity contribution in [2.45, 2.75) is 6.54 Å². The van der Waals surface area contributed by atoms with Crippen molar-refractivity contribution < 1.29 is 9.66 Å². The number of pyridine rings is 1. The molecule has 0 amide bonds. The molecular weight excluding hydrogens is 366 g/mol. The minimum absolute atomic E-state index is 0.110. The summed E-state index contributed by atoms with van der Waals surface area (Å²) in [5, 5.41) is 17.4. The molecule has 0 aliphatic rings. The van der Waals surface area contributed by atoms with Gasteiger partial charge in [0.05, 0.1) is 30.0 Å². The van der Waals surface area contributed by atoms with Crippen molar-refractivity contribution in [1.29, 1.82) is 0 Å². The molecule has 9 heteroatoms. The SMILES string of the molecule is CN(CCOCCNC(=S)Nc1cccnc1)Cc1cccc([N+](=O)[O-])c1. The Morgan fingerprint density at radius 2 is 2.19 bits per heavy atom. The van der Waals surface area contributed by atoms with Crippen LogP contribution < -0.4 is 10.6 Å². The molecule has 2 aromatic rings. The standard InChI is InChI=1S/C18H23N5O3S/c1-22(14-15-4-2-6-17(12-15)23(24)25)9-11-26-10-8-20-18(27)21-16-5-3-7-19-13-16/h2-7,12-13H,8-11,14H2,1H3,(H2,20,21,27). The van der Waals surface area contributed by atoms with Crippen molar-refractivity contribution in [3.63, 3.8) is 0 Å². The van der Waals surface area contributed by atoms with Crippen LogP contribution in [0.25, 0.3) is 0 Å². The zero-order valence-electron chi connectivity index (χ0n) is 15.1. The third-order valence-corrected chi connectivity index (χ3v) is 3.89. The topological polar surface area (TPSA) is 92.6 Å². The molecule has 2 rings (SSSR count). The largest absolute Gasteiger partial charge is 0.378 e. The van der Waals surface area contributed by atoms with E-state index in [0.717, 1.165) is 17.8 Å². The fourth-order valence-electron chi connectivity index (χ4n) is 2.33. The van der Waals surface area contributed by atoms with Gasteiger partial charge in [0.1, 0.15) is 0 Å². The highest BCUT2D eigenvalue weighted by atomic mass is 32.1. The van der Waals surface area contributed by atoms with Gasteiger partial charge >= 0.3 is 0 Å². The number of rotatable bonds is 10. The lowest BCUT2D eigenvalue weighted by Crippen LogP contribution is -2.32. The predicted molar refractivity (Wildman–Crippen MR) is 109 cm³/mol. The van der Waals surface area contributed by atoms with E-state index in [1.807, 2.05) is 25.2 Å². The fourth-order valence-corrected chi connectivity index (χ4v) is 2.55. The molecule has 0 spiro atoms. The number of ether oxygens (including phenoxy) is 1. The number of anilines is 1. The van der Waals surface area contributed by atoms with Crippen molar-refractivity contribution in [3.8, 4) is 0 Å². The zero-order chi connectivity index (χ0) is 19.5. The van der Waals surface area contributed by atoms with E-state index in [4.69, 9.17) is 17.0 Å². The van der Waals surface area contributed by atoms with Gasteiger partial charge in [0.25, 0.3) is 5.69 Å². The molecule has 144 valence electrons. The van der Waals surface area contributed by atoms with Crippen LogP contribution in [0.5, 0.6) is 0 Å². The summed E-state index contributed by atoms with van der Waals surface area (Å²) in [4.78, 5) is 16.5. The van der Waals surface area contributed by atoms with Gasteiger partial charge in [0, 0.05) is 38.0 Å². The van der Waals surface area contributed by atoms with E-state index in [1.54, 1.807) is 24.5 Å². The third-order valence-electron chi connectivity index (χ3n) is 3.64. The first kappa shape index (κ1) is 20.7. The lowest BCUT2D eigenvalue weighted by atomic mass is 10.2. The highest BCUT2D eigenvalue weighted by Crippen LogP contribution is 2.14. The number of nitro benzene ring substituents is 1. The molecule has 0 aliphatic carbocycles. The number of nitrogens with zero attached hydrogens (tertiary/aromatic N) is 3. The van der Waals surface area contributed by atoms with E-state index >= 15 is 0 Å². The van der Waals surface area contributed by atoms with Gasteiger partial charge in [-0.25, -0.2) is 0 Å². The van der Waals surface area contributed by atoms with Crippen LogP contribution in [0.2, 0.25) is 0 Å². The van der Waals surface area contributed by atoms with E-state index in [2.05, 4.69) is 20.5 Å². The molecule has 0 aliphatic heterocycles. The van der Waals surface area contributed by atoms with Gasteiger partial charge in [0.2, 0.25) is 0 Å². The number of hydrogen-bond acceptors (Lipinski definition) is 6. The van der Waals surface area contributed by atoms with Crippen LogP contribution in [-0.2, 0) is 11.3 Å². The number of nitro groups is 1. The maximum absolute atomic E-state index is 10.8. The normalized spacial score (nSPS) is 10.6. The van der Waals surface area contributed by atoms with Crippen molar-refractivity contribution in [2.24, 2.45) is 0 Å². The van der Waals surface area contributed by atoms with E-state index in [0.29, 0.717) is 31.4 Å². The highest BCUT2D eigenvalue weighted by molar-refractivity contribution is 7.80. The summed E-state index contributed by atoms with van der Waals surface area (Å²) in [6.07, 6.45) is 3.40. The van der Waals surface area contributed by atoms with Crippen LogP contribution in [0.4, 0.5) is 11.4 Å². The van der Waals surface area contributed by atoms with Gasteiger partial charge in [-0.2, -0.15) is 0 Å². The van der Waals surface area contributed by atoms with Crippen molar-refractivity contribution >= 4 is 28.7 Å². The van der Waals surface area contributed by atoms with Crippen LogP contribution >= 0.6 is 12.2 Å². The fraction of sp³-hybridized carbons (Fsp3) is 0.333. The summed E-state index contributed by atoms with van der Waals surface area (Å²) in [7, 11) is 1.95. The quantitative estimate of drug-likeness (QED) is 0.277. The molecule has 1 aromatic carbocycles. The van der Waals surface area contributed by atoms with Gasteiger partial charge < -0.3 is 15.4 Å². The molecule has 1 aromatic heterocycles. The molecule has 0 radical (unpaired) electrons. The van der Waals surface area contributed by atoms with Crippen LogP contribution in [0.3, 0.4) is 0 Å². The molecule has 1 heterocycles. The Morgan fingerprint density at radius 1 is 1.33 bits per heavy atom. The first-order chi connectivity index (χ1) is 13.0. The van der Waals surface area contributed by atoms with Crippen LogP contribution in [0.15, 0.2) is 48.8 Å². The number of thiocarbonyl (C=S) groups is 1. The number of benzene rings is 1. The average molecular weight is 389 g/mol. The van der Waals surface area contributed by atoms with E-state index < -0.39 is 0 Å². The minimum Gasteiger partial charge on any atom is -0.378 e. The second-order valence-corrected chi connectivity index (χ2v) is 6.31. The van der Waals surface area contributed by atoms with Crippen LogP contribution in [0, 0.1) is 10.1 Å². The van der Waals surface area contributed by atoms with Crippen molar-refractivity contribution in [1.82, 2.24) is 15.2 Å². The Bertz CT molecular complexity index is 745. The molecule has 0 saturated heterocycles. The molecule has 0 atom stereocenters. The summed E-state index contributed by atoms with van der Waals surface area (Å²) in [5.41, 5.74) is 1.85. The second-order valence-electron chi connectivity index (χ2n) is 5.90. The molecule has 0 unspecified atom stereocenters. The number of hydrogen-bond donors (Lipinski definition) is 2. The number of nitrogens with one attached hydrogen (secondary N) is 2. The van der Waals surface area contributed by atoms with E-state index in [9.17, 15) is 10.1 Å². The van der Waals surface area contributed by atoms with Gasteiger partial charge in [0.15, 0.2) is 5.11 Å². The monoisotopic (exact) mass is 389 g/mol. The molecule has 2 N–H and O–H groups in total. The average Bonchev–Trinajstić information content (AvgIpc) is 2.65. The molecular formula is C18H23N5O3S. The molecule has 0 bridgehead atoms. The molecule has 0 saturated carbocycles. The van der Waals surface area contributed by atoms with Crippen molar-refractivity contribution in [2.75, 3.05) is 38.7 Å². The van der Waals surface area contributed by atoms with Gasteiger partial charge in [-0.1, -0.05) is 12.1 Å². The summed E-state index contributed by atoms with van der Waals surface area (Å²) in [6.45, 7) is 3.04. The molecule has 27 heavy (non-hydrogen) atoms. The summed E-state index contributed by atoms with van der Waals surface area (Å²) >= 11 is 5.20. The summed E-state index contributed by atoms with van der Waals surface area (Å²) < 4.78 is 5.59. The Balaban J connectivity index is 1.56. The van der Waals surface area contributed by atoms with Crippen LogP contribution in [0.1, 0.15) is 5.56 Å².